The van der Waals surface area contributed by atoms with Crippen molar-refractivity contribution in [1.29, 1.82) is 0 Å². The maximum atomic E-state index is 11.8. The number of aryl methyl sites for hydroxylation is 2. The van der Waals surface area contributed by atoms with E-state index in [0.29, 0.717) is 13.0 Å². The Morgan fingerprint density at radius 2 is 2.05 bits per heavy atom. The standard InChI is InChI=1S/C14H26N4O2/c1-5-10(9-19)16-14(20)15-8-11-12(6-2)17-18(4)13(11)7-3/h10,19H,5-9H2,1-4H3,(H2,15,16,20). The zero-order valence-electron chi connectivity index (χ0n) is 12.9. The van der Waals surface area contributed by atoms with Gasteiger partial charge in [0.25, 0.3) is 0 Å². The Balaban J connectivity index is 2.67. The fourth-order valence-corrected chi connectivity index (χ4v) is 2.28. The zero-order chi connectivity index (χ0) is 15.1. The van der Waals surface area contributed by atoms with Crippen LogP contribution in [0.4, 0.5) is 4.79 Å². The Kier molecular flexibility index (Phi) is 6.51. The zero-order valence-corrected chi connectivity index (χ0v) is 12.9. The Bertz CT molecular complexity index is 439. The molecule has 1 rings (SSSR count). The molecule has 0 aliphatic heterocycles. The third-order valence-corrected chi connectivity index (χ3v) is 3.50. The van der Waals surface area contributed by atoms with Gasteiger partial charge in [0.1, 0.15) is 0 Å². The monoisotopic (exact) mass is 282 g/mol. The molecule has 0 saturated heterocycles. The summed E-state index contributed by atoms with van der Waals surface area (Å²) in [4.78, 5) is 11.8. The average Bonchev–Trinajstić information content (AvgIpc) is 2.77. The minimum atomic E-state index is -0.251. The number of carbonyl (C=O) groups excluding carboxylic acids is 1. The molecule has 0 saturated carbocycles. The molecule has 1 heterocycles. The van der Waals surface area contributed by atoms with Crippen molar-refractivity contribution in [3.8, 4) is 0 Å². The van der Waals surface area contributed by atoms with Crippen LogP contribution in [0.1, 0.15) is 44.1 Å². The SMILES string of the molecule is CCc1nn(C)c(CC)c1CNC(=O)NC(CC)CO. The second-order valence-electron chi connectivity index (χ2n) is 4.82. The van der Waals surface area contributed by atoms with E-state index >= 15 is 0 Å². The average molecular weight is 282 g/mol. The highest BCUT2D eigenvalue weighted by Crippen LogP contribution is 2.15. The van der Waals surface area contributed by atoms with Gasteiger partial charge in [-0.15, -0.1) is 0 Å². The van der Waals surface area contributed by atoms with Gasteiger partial charge in [0.15, 0.2) is 0 Å². The molecular formula is C14H26N4O2. The van der Waals surface area contributed by atoms with Crippen molar-refractivity contribution in [1.82, 2.24) is 20.4 Å². The van der Waals surface area contributed by atoms with Crippen LogP contribution in [0.2, 0.25) is 0 Å². The van der Waals surface area contributed by atoms with Crippen LogP contribution in [0, 0.1) is 0 Å². The molecular weight excluding hydrogens is 256 g/mol. The van der Waals surface area contributed by atoms with Gasteiger partial charge in [-0.1, -0.05) is 20.8 Å². The second-order valence-corrected chi connectivity index (χ2v) is 4.82. The van der Waals surface area contributed by atoms with Gasteiger partial charge in [-0.05, 0) is 19.3 Å². The molecule has 1 aromatic heterocycles. The van der Waals surface area contributed by atoms with E-state index in [-0.39, 0.29) is 18.7 Å². The summed E-state index contributed by atoms with van der Waals surface area (Å²) in [7, 11) is 1.93. The first-order valence-corrected chi connectivity index (χ1v) is 7.26. The molecule has 0 aliphatic rings. The lowest BCUT2D eigenvalue weighted by atomic mass is 10.1. The topological polar surface area (TPSA) is 79.2 Å². The highest BCUT2D eigenvalue weighted by molar-refractivity contribution is 5.74. The van der Waals surface area contributed by atoms with Crippen LogP contribution in [0.5, 0.6) is 0 Å². The van der Waals surface area contributed by atoms with E-state index in [2.05, 4.69) is 29.6 Å². The normalized spacial score (nSPS) is 12.2. The highest BCUT2D eigenvalue weighted by Gasteiger charge is 2.15. The smallest absolute Gasteiger partial charge is 0.315 e. The Morgan fingerprint density at radius 3 is 2.55 bits per heavy atom. The van der Waals surface area contributed by atoms with Crippen LogP contribution in [0.3, 0.4) is 0 Å². The third kappa shape index (κ3) is 3.96. The van der Waals surface area contributed by atoms with Crippen molar-refractivity contribution in [3.63, 3.8) is 0 Å². The molecule has 0 bridgehead atoms. The number of urea groups is 1. The molecule has 0 aliphatic carbocycles. The van der Waals surface area contributed by atoms with Gasteiger partial charge in [-0.3, -0.25) is 4.68 Å². The number of aliphatic hydroxyl groups is 1. The Hall–Kier alpha value is -1.56. The van der Waals surface area contributed by atoms with Crippen LogP contribution < -0.4 is 10.6 Å². The van der Waals surface area contributed by atoms with Crippen LogP contribution in [0.25, 0.3) is 0 Å². The van der Waals surface area contributed by atoms with Crippen molar-refractivity contribution in [2.75, 3.05) is 6.61 Å². The number of hydrogen-bond acceptors (Lipinski definition) is 3. The summed E-state index contributed by atoms with van der Waals surface area (Å²) < 4.78 is 1.89. The summed E-state index contributed by atoms with van der Waals surface area (Å²) in [6.07, 6.45) is 2.44. The lowest BCUT2D eigenvalue weighted by Crippen LogP contribution is -2.43. The minimum Gasteiger partial charge on any atom is -0.394 e. The number of aliphatic hydroxyl groups excluding tert-OH is 1. The first-order chi connectivity index (χ1) is 9.57. The number of rotatable bonds is 7. The molecule has 0 spiro atoms. The summed E-state index contributed by atoms with van der Waals surface area (Å²) in [6, 6.07) is -0.445. The van der Waals surface area contributed by atoms with Crippen LogP contribution >= 0.6 is 0 Å². The van der Waals surface area contributed by atoms with E-state index in [1.807, 2.05) is 18.7 Å². The van der Waals surface area contributed by atoms with Crippen LogP contribution in [-0.4, -0.2) is 33.6 Å². The molecule has 1 atom stereocenters. The van der Waals surface area contributed by atoms with E-state index in [1.165, 1.54) is 0 Å². The molecule has 1 unspecified atom stereocenters. The quantitative estimate of drug-likeness (QED) is 0.701. The number of hydrogen-bond donors (Lipinski definition) is 3. The third-order valence-electron chi connectivity index (χ3n) is 3.50. The maximum Gasteiger partial charge on any atom is 0.315 e. The summed E-state index contributed by atoms with van der Waals surface area (Å²) in [5, 5.41) is 19.1. The van der Waals surface area contributed by atoms with Gasteiger partial charge in [0.2, 0.25) is 0 Å². The molecule has 20 heavy (non-hydrogen) atoms. The molecule has 3 N–H and O–H groups in total. The number of carbonyl (C=O) groups is 1. The van der Waals surface area contributed by atoms with Crippen molar-refractivity contribution in [2.45, 2.75) is 52.6 Å². The molecule has 114 valence electrons. The van der Waals surface area contributed by atoms with Gasteiger partial charge in [-0.25, -0.2) is 4.79 Å². The van der Waals surface area contributed by atoms with Gasteiger partial charge >= 0.3 is 6.03 Å². The molecule has 0 radical (unpaired) electrons. The fraction of sp³-hybridized carbons (Fsp3) is 0.714. The predicted octanol–water partition coefficient (Wildman–Crippen LogP) is 1.11. The second kappa shape index (κ2) is 7.89. The lowest BCUT2D eigenvalue weighted by Gasteiger charge is -2.15. The Morgan fingerprint density at radius 1 is 1.35 bits per heavy atom. The summed E-state index contributed by atoms with van der Waals surface area (Å²) in [6.45, 7) is 6.49. The number of aromatic nitrogens is 2. The van der Waals surface area contributed by atoms with E-state index in [4.69, 9.17) is 5.11 Å². The van der Waals surface area contributed by atoms with Gasteiger partial charge < -0.3 is 15.7 Å². The number of nitrogens with one attached hydrogen (secondary N) is 2. The molecule has 2 amide bonds. The van der Waals surface area contributed by atoms with Gasteiger partial charge in [-0.2, -0.15) is 5.10 Å². The lowest BCUT2D eigenvalue weighted by molar-refractivity contribution is 0.214. The number of nitrogens with zero attached hydrogens (tertiary/aromatic N) is 2. The van der Waals surface area contributed by atoms with E-state index in [1.54, 1.807) is 0 Å². The van der Waals surface area contributed by atoms with Crippen molar-refractivity contribution >= 4 is 6.03 Å². The summed E-state index contributed by atoms with van der Waals surface area (Å²) >= 11 is 0. The Labute approximate surface area is 120 Å². The minimum absolute atomic E-state index is 0.0444. The molecule has 1 aromatic rings. The molecule has 6 nitrogen and oxygen atoms in total. The van der Waals surface area contributed by atoms with Gasteiger partial charge in [0, 0.05) is 24.8 Å². The highest BCUT2D eigenvalue weighted by atomic mass is 16.3. The molecule has 0 aromatic carbocycles. The maximum absolute atomic E-state index is 11.8. The number of amides is 2. The summed E-state index contributed by atoms with van der Waals surface area (Å²) in [5.74, 6) is 0. The first kappa shape index (κ1) is 16.5. The van der Waals surface area contributed by atoms with Gasteiger partial charge in [0.05, 0.1) is 18.3 Å². The van der Waals surface area contributed by atoms with Crippen molar-refractivity contribution < 1.29 is 9.90 Å². The molecule has 6 heteroatoms. The molecule has 0 fully saturated rings. The van der Waals surface area contributed by atoms with E-state index in [9.17, 15) is 4.79 Å². The van der Waals surface area contributed by atoms with Crippen LogP contribution in [0.15, 0.2) is 0 Å². The van der Waals surface area contributed by atoms with E-state index < -0.39 is 0 Å². The van der Waals surface area contributed by atoms with Crippen molar-refractivity contribution in [3.05, 3.63) is 17.0 Å². The summed E-state index contributed by atoms with van der Waals surface area (Å²) in [5.41, 5.74) is 3.28. The fourth-order valence-electron chi connectivity index (χ4n) is 2.28. The van der Waals surface area contributed by atoms with Crippen molar-refractivity contribution in [2.24, 2.45) is 7.05 Å². The first-order valence-electron chi connectivity index (χ1n) is 7.26. The largest absolute Gasteiger partial charge is 0.394 e. The van der Waals surface area contributed by atoms with E-state index in [0.717, 1.165) is 29.8 Å². The van der Waals surface area contributed by atoms with Crippen LogP contribution in [-0.2, 0) is 26.4 Å². The predicted molar refractivity (Wildman–Crippen MR) is 78.5 cm³/mol.